The van der Waals surface area contributed by atoms with Gasteiger partial charge >= 0.3 is 0 Å². The molecule has 100 valence electrons. The van der Waals surface area contributed by atoms with Gasteiger partial charge in [-0.05, 0) is 18.6 Å². The van der Waals surface area contributed by atoms with E-state index in [1.54, 1.807) is 17.1 Å². The molecule has 20 heavy (non-hydrogen) atoms. The summed E-state index contributed by atoms with van der Waals surface area (Å²) >= 11 is 0. The summed E-state index contributed by atoms with van der Waals surface area (Å²) in [6, 6.07) is 9.66. The molecule has 0 radical (unpaired) electrons. The minimum atomic E-state index is -0.0202. The van der Waals surface area contributed by atoms with E-state index in [4.69, 9.17) is 0 Å². The van der Waals surface area contributed by atoms with Crippen LogP contribution in [0.5, 0.6) is 0 Å². The molecule has 2 aromatic heterocycles. The Morgan fingerprint density at radius 2 is 2.10 bits per heavy atom. The van der Waals surface area contributed by atoms with Crippen molar-refractivity contribution in [3.05, 3.63) is 59.5 Å². The normalized spacial score (nSPS) is 10.9. The number of carbonyl (C=O) groups excluding carboxylic acids is 1. The van der Waals surface area contributed by atoms with Crippen molar-refractivity contribution < 1.29 is 4.79 Å². The Morgan fingerprint density at radius 3 is 2.90 bits per heavy atom. The number of fused-ring (bicyclic) bond motifs is 1. The zero-order chi connectivity index (χ0) is 14.1. The minimum absolute atomic E-state index is 0.0202. The maximum Gasteiger partial charge on any atom is 0.198 e. The van der Waals surface area contributed by atoms with Crippen molar-refractivity contribution in [3.63, 3.8) is 0 Å². The number of hydrogen-bond donors (Lipinski definition) is 0. The first-order valence-electron chi connectivity index (χ1n) is 6.61. The van der Waals surface area contributed by atoms with Gasteiger partial charge in [0.25, 0.3) is 0 Å². The van der Waals surface area contributed by atoms with Crippen molar-refractivity contribution in [1.29, 1.82) is 0 Å². The average molecular weight is 265 g/mol. The lowest BCUT2D eigenvalue weighted by Crippen LogP contribution is -2.04. The van der Waals surface area contributed by atoms with Gasteiger partial charge in [-0.1, -0.05) is 25.1 Å². The number of pyridine rings is 1. The molecule has 0 aliphatic carbocycles. The van der Waals surface area contributed by atoms with Crippen molar-refractivity contribution in [2.24, 2.45) is 7.05 Å². The number of hydrogen-bond acceptors (Lipinski definition) is 3. The molecule has 0 spiro atoms. The van der Waals surface area contributed by atoms with Crippen LogP contribution in [0.1, 0.15) is 28.5 Å². The molecule has 0 atom stereocenters. The molecule has 3 rings (SSSR count). The molecule has 0 unspecified atom stereocenters. The van der Waals surface area contributed by atoms with Gasteiger partial charge in [0.15, 0.2) is 5.78 Å². The van der Waals surface area contributed by atoms with Gasteiger partial charge in [-0.25, -0.2) is 0 Å². The molecule has 0 bridgehead atoms. The molecule has 0 saturated carbocycles. The van der Waals surface area contributed by atoms with Crippen LogP contribution in [-0.4, -0.2) is 20.5 Å². The SMILES string of the molecule is CCc1nn(C)cc1C(=O)c1cnc2ccccc2c1. The van der Waals surface area contributed by atoms with E-state index in [9.17, 15) is 4.79 Å². The number of aryl methyl sites for hydroxylation is 2. The highest BCUT2D eigenvalue weighted by Gasteiger charge is 2.16. The van der Waals surface area contributed by atoms with Crippen LogP contribution < -0.4 is 0 Å². The van der Waals surface area contributed by atoms with Crippen LogP contribution in [0, 0.1) is 0 Å². The highest BCUT2D eigenvalue weighted by atomic mass is 16.1. The third kappa shape index (κ3) is 2.09. The predicted octanol–water partition coefficient (Wildman–Crippen LogP) is 2.76. The van der Waals surface area contributed by atoms with Crippen molar-refractivity contribution in [1.82, 2.24) is 14.8 Å². The second-order valence-corrected chi connectivity index (χ2v) is 4.76. The lowest BCUT2D eigenvalue weighted by Gasteiger charge is -2.02. The largest absolute Gasteiger partial charge is 0.288 e. The van der Waals surface area contributed by atoms with E-state index < -0.39 is 0 Å². The Morgan fingerprint density at radius 1 is 1.30 bits per heavy atom. The summed E-state index contributed by atoms with van der Waals surface area (Å²) in [5, 5.41) is 5.29. The second kappa shape index (κ2) is 4.89. The third-order valence-electron chi connectivity index (χ3n) is 3.34. The van der Waals surface area contributed by atoms with E-state index in [0.717, 1.165) is 23.0 Å². The van der Waals surface area contributed by atoms with Crippen LogP contribution in [-0.2, 0) is 13.5 Å². The molecule has 4 heteroatoms. The quantitative estimate of drug-likeness (QED) is 0.684. The molecular weight excluding hydrogens is 250 g/mol. The number of benzene rings is 1. The molecular formula is C16H15N3O. The van der Waals surface area contributed by atoms with E-state index >= 15 is 0 Å². The number of rotatable bonds is 3. The number of carbonyl (C=O) groups is 1. The molecule has 1 aromatic carbocycles. The predicted molar refractivity (Wildman–Crippen MR) is 77.8 cm³/mol. The third-order valence-corrected chi connectivity index (χ3v) is 3.34. The molecule has 0 amide bonds. The Hall–Kier alpha value is -2.49. The van der Waals surface area contributed by atoms with Crippen molar-refractivity contribution in [2.45, 2.75) is 13.3 Å². The standard InChI is InChI=1S/C16H15N3O/c1-3-14-13(10-19(2)18-14)16(20)12-8-11-6-4-5-7-15(11)17-9-12/h4-10H,3H2,1-2H3. The average Bonchev–Trinajstić information content (AvgIpc) is 2.87. The molecule has 0 fully saturated rings. The number of para-hydroxylation sites is 1. The van der Waals surface area contributed by atoms with Gasteiger partial charge < -0.3 is 0 Å². The number of nitrogens with zero attached hydrogens (tertiary/aromatic N) is 3. The topological polar surface area (TPSA) is 47.8 Å². The lowest BCUT2D eigenvalue weighted by molar-refractivity contribution is 0.103. The molecule has 0 saturated heterocycles. The second-order valence-electron chi connectivity index (χ2n) is 4.76. The Kier molecular flexibility index (Phi) is 3.06. The fourth-order valence-electron chi connectivity index (χ4n) is 2.34. The van der Waals surface area contributed by atoms with Crippen LogP contribution in [0.15, 0.2) is 42.7 Å². The van der Waals surface area contributed by atoms with Crippen LogP contribution in [0.3, 0.4) is 0 Å². The van der Waals surface area contributed by atoms with Gasteiger partial charge in [-0.3, -0.25) is 14.5 Å². The molecule has 0 N–H and O–H groups in total. The molecule has 4 nitrogen and oxygen atoms in total. The fraction of sp³-hybridized carbons (Fsp3) is 0.188. The Bertz CT molecular complexity index is 789. The molecule has 0 aliphatic heterocycles. The smallest absolute Gasteiger partial charge is 0.198 e. The fourth-order valence-corrected chi connectivity index (χ4v) is 2.34. The van der Waals surface area contributed by atoms with Crippen molar-refractivity contribution in [2.75, 3.05) is 0 Å². The van der Waals surface area contributed by atoms with E-state index in [1.165, 1.54) is 0 Å². The summed E-state index contributed by atoms with van der Waals surface area (Å²) in [5.74, 6) is -0.0202. The highest BCUT2D eigenvalue weighted by molar-refractivity contribution is 6.10. The summed E-state index contributed by atoms with van der Waals surface area (Å²) in [5.41, 5.74) is 2.98. The Labute approximate surface area is 117 Å². The minimum Gasteiger partial charge on any atom is -0.288 e. The van der Waals surface area contributed by atoms with Gasteiger partial charge in [0, 0.05) is 30.4 Å². The maximum absolute atomic E-state index is 12.6. The molecule has 0 aliphatic rings. The first-order chi connectivity index (χ1) is 9.69. The van der Waals surface area contributed by atoms with E-state index in [1.807, 2.05) is 44.3 Å². The van der Waals surface area contributed by atoms with Crippen molar-refractivity contribution in [3.8, 4) is 0 Å². The zero-order valence-electron chi connectivity index (χ0n) is 11.5. The van der Waals surface area contributed by atoms with Gasteiger partial charge in [0.2, 0.25) is 0 Å². The van der Waals surface area contributed by atoms with Gasteiger partial charge in [-0.15, -0.1) is 0 Å². The van der Waals surface area contributed by atoms with Crippen LogP contribution in [0.2, 0.25) is 0 Å². The highest BCUT2D eigenvalue weighted by Crippen LogP contribution is 2.17. The number of ketones is 1. The first kappa shape index (κ1) is 12.5. The first-order valence-corrected chi connectivity index (χ1v) is 6.61. The summed E-state index contributed by atoms with van der Waals surface area (Å²) in [6.07, 6.45) is 4.15. The molecule has 2 heterocycles. The van der Waals surface area contributed by atoms with Crippen LogP contribution in [0.25, 0.3) is 10.9 Å². The molecule has 3 aromatic rings. The summed E-state index contributed by atoms with van der Waals surface area (Å²) < 4.78 is 1.68. The Balaban J connectivity index is 2.07. The maximum atomic E-state index is 12.6. The van der Waals surface area contributed by atoms with Crippen molar-refractivity contribution >= 4 is 16.7 Å². The monoisotopic (exact) mass is 265 g/mol. The van der Waals surface area contributed by atoms with Gasteiger partial charge in [-0.2, -0.15) is 5.10 Å². The van der Waals surface area contributed by atoms with Crippen LogP contribution >= 0.6 is 0 Å². The van der Waals surface area contributed by atoms with E-state index in [-0.39, 0.29) is 5.78 Å². The van der Waals surface area contributed by atoms with Gasteiger partial charge in [0.1, 0.15) is 0 Å². The van der Waals surface area contributed by atoms with Gasteiger partial charge in [0.05, 0.1) is 16.8 Å². The number of aromatic nitrogens is 3. The summed E-state index contributed by atoms with van der Waals surface area (Å²) in [7, 11) is 1.83. The lowest BCUT2D eigenvalue weighted by atomic mass is 10.0. The zero-order valence-corrected chi connectivity index (χ0v) is 11.5. The van der Waals surface area contributed by atoms with Crippen LogP contribution in [0.4, 0.5) is 0 Å². The summed E-state index contributed by atoms with van der Waals surface area (Å²) in [4.78, 5) is 16.9. The summed E-state index contributed by atoms with van der Waals surface area (Å²) in [6.45, 7) is 2.00. The van der Waals surface area contributed by atoms with E-state index in [0.29, 0.717) is 11.1 Å². The van der Waals surface area contributed by atoms with E-state index in [2.05, 4.69) is 10.1 Å².